The van der Waals surface area contributed by atoms with E-state index in [0.29, 0.717) is 0 Å². The zero-order chi connectivity index (χ0) is 16.9. The van der Waals surface area contributed by atoms with Gasteiger partial charge < -0.3 is 9.32 Å². The molecule has 1 aliphatic rings. The summed E-state index contributed by atoms with van der Waals surface area (Å²) < 4.78 is 5.96. The van der Waals surface area contributed by atoms with Crippen molar-refractivity contribution in [2.45, 2.75) is 19.4 Å². The van der Waals surface area contributed by atoms with Crippen LogP contribution in [0.3, 0.4) is 0 Å². The van der Waals surface area contributed by atoms with E-state index in [1.54, 1.807) is 0 Å². The van der Waals surface area contributed by atoms with Gasteiger partial charge in [-0.3, -0.25) is 4.90 Å². The van der Waals surface area contributed by atoms with Crippen molar-refractivity contribution in [3.8, 4) is 0 Å². The van der Waals surface area contributed by atoms with Gasteiger partial charge in [0.2, 0.25) is 0 Å². The SMILES string of the molecule is c1ccc(CCCN2CCN(Cc3cc4ccccc4o3)CC2)cc1. The lowest BCUT2D eigenvalue weighted by molar-refractivity contribution is 0.120. The second-order valence-corrected chi connectivity index (χ2v) is 6.96. The van der Waals surface area contributed by atoms with Crippen molar-refractivity contribution in [2.75, 3.05) is 32.7 Å². The highest BCUT2D eigenvalue weighted by molar-refractivity contribution is 5.77. The van der Waals surface area contributed by atoms with Crippen LogP contribution in [0.15, 0.2) is 65.1 Å². The summed E-state index contributed by atoms with van der Waals surface area (Å²) in [5.41, 5.74) is 2.45. The van der Waals surface area contributed by atoms with Crippen LogP contribution in [0, 0.1) is 0 Å². The molecule has 1 aliphatic heterocycles. The monoisotopic (exact) mass is 334 g/mol. The van der Waals surface area contributed by atoms with Crippen LogP contribution >= 0.6 is 0 Å². The summed E-state index contributed by atoms with van der Waals surface area (Å²) in [5, 5.41) is 1.21. The van der Waals surface area contributed by atoms with E-state index in [1.807, 2.05) is 12.1 Å². The molecule has 1 aromatic heterocycles. The number of aryl methyl sites for hydroxylation is 1. The minimum atomic E-state index is 0.923. The van der Waals surface area contributed by atoms with Gasteiger partial charge in [0, 0.05) is 31.6 Å². The topological polar surface area (TPSA) is 19.6 Å². The van der Waals surface area contributed by atoms with E-state index in [9.17, 15) is 0 Å². The molecule has 0 spiro atoms. The number of rotatable bonds is 6. The van der Waals surface area contributed by atoms with Gasteiger partial charge in [-0.25, -0.2) is 0 Å². The zero-order valence-electron chi connectivity index (χ0n) is 14.7. The summed E-state index contributed by atoms with van der Waals surface area (Å²) in [5.74, 6) is 1.08. The average molecular weight is 334 g/mol. The Hall–Kier alpha value is -2.10. The maximum absolute atomic E-state index is 5.96. The quantitative estimate of drug-likeness (QED) is 0.674. The molecule has 0 atom stereocenters. The maximum Gasteiger partial charge on any atom is 0.134 e. The molecular formula is C22H26N2O. The number of para-hydroxylation sites is 1. The Balaban J connectivity index is 1.21. The highest BCUT2D eigenvalue weighted by Gasteiger charge is 2.17. The smallest absolute Gasteiger partial charge is 0.134 e. The molecule has 4 rings (SSSR count). The van der Waals surface area contributed by atoms with E-state index in [1.165, 1.54) is 30.3 Å². The van der Waals surface area contributed by atoms with Crippen LogP contribution in [-0.2, 0) is 13.0 Å². The lowest BCUT2D eigenvalue weighted by Crippen LogP contribution is -2.46. The van der Waals surface area contributed by atoms with Crippen molar-refractivity contribution in [1.82, 2.24) is 9.80 Å². The van der Waals surface area contributed by atoms with Crippen molar-refractivity contribution >= 4 is 11.0 Å². The van der Waals surface area contributed by atoms with Gasteiger partial charge in [-0.1, -0.05) is 48.5 Å². The molecule has 3 heteroatoms. The first-order valence-electron chi connectivity index (χ1n) is 9.33. The molecule has 1 fully saturated rings. The van der Waals surface area contributed by atoms with Gasteiger partial charge in [-0.05, 0) is 37.1 Å². The normalized spacial score (nSPS) is 16.5. The first-order valence-corrected chi connectivity index (χ1v) is 9.33. The van der Waals surface area contributed by atoms with E-state index in [2.05, 4.69) is 58.3 Å². The minimum absolute atomic E-state index is 0.923. The van der Waals surface area contributed by atoms with Crippen LogP contribution in [0.25, 0.3) is 11.0 Å². The molecule has 0 unspecified atom stereocenters. The summed E-state index contributed by atoms with van der Waals surface area (Å²) >= 11 is 0. The molecule has 0 amide bonds. The number of benzene rings is 2. The Labute approximate surface area is 149 Å². The predicted octanol–water partition coefficient (Wildman–Crippen LogP) is 4.18. The summed E-state index contributed by atoms with van der Waals surface area (Å²) in [6.45, 7) is 6.70. The predicted molar refractivity (Wildman–Crippen MR) is 103 cm³/mol. The summed E-state index contributed by atoms with van der Waals surface area (Å²) in [4.78, 5) is 5.10. The molecule has 0 radical (unpaired) electrons. The largest absolute Gasteiger partial charge is 0.460 e. The number of hydrogen-bond donors (Lipinski definition) is 0. The molecule has 25 heavy (non-hydrogen) atoms. The lowest BCUT2D eigenvalue weighted by atomic mass is 10.1. The van der Waals surface area contributed by atoms with Gasteiger partial charge in [0.1, 0.15) is 11.3 Å². The van der Waals surface area contributed by atoms with Crippen LogP contribution in [0.4, 0.5) is 0 Å². The molecule has 2 heterocycles. The van der Waals surface area contributed by atoms with Crippen LogP contribution in [0.5, 0.6) is 0 Å². The Kier molecular flexibility index (Phi) is 5.14. The van der Waals surface area contributed by atoms with Gasteiger partial charge in [0.25, 0.3) is 0 Å². The molecule has 0 aliphatic carbocycles. The second kappa shape index (κ2) is 7.85. The first kappa shape index (κ1) is 16.4. The third-order valence-corrected chi connectivity index (χ3v) is 5.10. The molecule has 0 bridgehead atoms. The Morgan fingerprint density at radius 3 is 2.32 bits per heavy atom. The van der Waals surface area contributed by atoms with E-state index in [0.717, 1.165) is 44.1 Å². The Bertz CT molecular complexity index is 755. The van der Waals surface area contributed by atoms with Crippen LogP contribution in [-0.4, -0.2) is 42.5 Å². The number of furan rings is 1. The van der Waals surface area contributed by atoms with Gasteiger partial charge in [0.15, 0.2) is 0 Å². The van der Waals surface area contributed by atoms with Crippen molar-refractivity contribution in [1.29, 1.82) is 0 Å². The maximum atomic E-state index is 5.96. The third kappa shape index (κ3) is 4.30. The molecule has 1 saturated heterocycles. The average Bonchev–Trinajstić information content (AvgIpc) is 3.06. The van der Waals surface area contributed by atoms with Gasteiger partial charge in [0.05, 0.1) is 6.54 Å². The Morgan fingerprint density at radius 1 is 0.800 bits per heavy atom. The Morgan fingerprint density at radius 2 is 1.52 bits per heavy atom. The number of piperazine rings is 1. The summed E-state index contributed by atoms with van der Waals surface area (Å²) in [6, 6.07) is 21.2. The van der Waals surface area contributed by atoms with E-state index in [4.69, 9.17) is 4.42 Å². The van der Waals surface area contributed by atoms with Gasteiger partial charge in [-0.15, -0.1) is 0 Å². The molecular weight excluding hydrogens is 308 g/mol. The number of hydrogen-bond acceptors (Lipinski definition) is 3. The summed E-state index contributed by atoms with van der Waals surface area (Å²) in [7, 11) is 0. The lowest BCUT2D eigenvalue weighted by Gasteiger charge is -2.34. The molecule has 0 saturated carbocycles. The fourth-order valence-corrected chi connectivity index (χ4v) is 3.66. The number of nitrogens with zero attached hydrogens (tertiary/aromatic N) is 2. The van der Waals surface area contributed by atoms with Crippen molar-refractivity contribution in [3.63, 3.8) is 0 Å². The van der Waals surface area contributed by atoms with E-state index < -0.39 is 0 Å². The standard InChI is InChI=1S/C22H26N2O/c1-2-7-19(8-3-1)9-6-12-23-13-15-24(16-14-23)18-21-17-20-10-4-5-11-22(20)25-21/h1-5,7-8,10-11,17H,6,9,12-16,18H2. The fourth-order valence-electron chi connectivity index (χ4n) is 3.66. The summed E-state index contributed by atoms with van der Waals surface area (Å²) in [6.07, 6.45) is 2.42. The van der Waals surface area contributed by atoms with Crippen molar-refractivity contribution < 1.29 is 4.42 Å². The molecule has 2 aromatic carbocycles. The second-order valence-electron chi connectivity index (χ2n) is 6.96. The molecule has 3 aromatic rings. The first-order chi connectivity index (χ1) is 12.4. The van der Waals surface area contributed by atoms with Crippen LogP contribution in [0.1, 0.15) is 17.7 Å². The molecule has 3 nitrogen and oxygen atoms in total. The van der Waals surface area contributed by atoms with E-state index in [-0.39, 0.29) is 0 Å². The van der Waals surface area contributed by atoms with Crippen LogP contribution in [0.2, 0.25) is 0 Å². The van der Waals surface area contributed by atoms with Gasteiger partial charge in [-0.2, -0.15) is 0 Å². The fraction of sp³-hybridized carbons (Fsp3) is 0.364. The highest BCUT2D eigenvalue weighted by Crippen LogP contribution is 2.20. The zero-order valence-corrected chi connectivity index (χ0v) is 14.7. The number of fused-ring (bicyclic) bond motifs is 1. The third-order valence-electron chi connectivity index (χ3n) is 5.10. The van der Waals surface area contributed by atoms with E-state index >= 15 is 0 Å². The van der Waals surface area contributed by atoms with Crippen LogP contribution < -0.4 is 0 Å². The molecule has 130 valence electrons. The van der Waals surface area contributed by atoms with Gasteiger partial charge >= 0.3 is 0 Å². The van der Waals surface area contributed by atoms with Crippen molar-refractivity contribution in [3.05, 3.63) is 72.0 Å². The molecule has 0 N–H and O–H groups in total. The highest BCUT2D eigenvalue weighted by atomic mass is 16.3. The van der Waals surface area contributed by atoms with Crippen molar-refractivity contribution in [2.24, 2.45) is 0 Å². The minimum Gasteiger partial charge on any atom is -0.460 e.